The minimum Gasteiger partial charge on any atom is -0.497 e. The minimum atomic E-state index is -0.317. The Balaban J connectivity index is 2.11. The molecule has 0 saturated carbocycles. The van der Waals surface area contributed by atoms with Crippen molar-refractivity contribution in [3.63, 3.8) is 0 Å². The third kappa shape index (κ3) is 3.44. The number of halogens is 1. The molecule has 4 heteroatoms. The molecular weight excluding hydrogens is 243 g/mol. The second kappa shape index (κ2) is 6.18. The largest absolute Gasteiger partial charge is 0.497 e. The Kier molecular flexibility index (Phi) is 4.34. The average molecular weight is 260 g/mol. The van der Waals surface area contributed by atoms with Crippen molar-refractivity contribution in [2.75, 3.05) is 12.4 Å². The monoisotopic (exact) mass is 260 g/mol. The Morgan fingerprint density at radius 1 is 1.21 bits per heavy atom. The number of pyridine rings is 1. The first-order valence-electron chi connectivity index (χ1n) is 6.25. The zero-order valence-electron chi connectivity index (χ0n) is 11.1. The SMILES string of the molecule is CCC(Nc1ccc(OC)cc1)c1ccc(F)cn1. The van der Waals surface area contributed by atoms with Gasteiger partial charge in [-0.15, -0.1) is 0 Å². The van der Waals surface area contributed by atoms with Crippen LogP contribution in [-0.4, -0.2) is 12.1 Å². The average Bonchev–Trinajstić information content (AvgIpc) is 2.46. The van der Waals surface area contributed by atoms with Crippen LogP contribution in [0.2, 0.25) is 0 Å². The van der Waals surface area contributed by atoms with E-state index in [1.807, 2.05) is 24.3 Å². The number of benzene rings is 1. The van der Waals surface area contributed by atoms with Gasteiger partial charge in [0.25, 0.3) is 0 Å². The van der Waals surface area contributed by atoms with E-state index >= 15 is 0 Å². The molecule has 0 spiro atoms. The predicted octanol–water partition coefficient (Wildman–Crippen LogP) is 3.79. The molecule has 0 bridgehead atoms. The number of aromatic nitrogens is 1. The number of methoxy groups -OCH3 is 1. The number of nitrogens with one attached hydrogen (secondary N) is 1. The van der Waals surface area contributed by atoms with Gasteiger partial charge in [0.05, 0.1) is 25.0 Å². The first-order chi connectivity index (χ1) is 9.22. The molecule has 0 amide bonds. The molecule has 2 aromatic rings. The summed E-state index contributed by atoms with van der Waals surface area (Å²) in [5, 5.41) is 3.38. The summed E-state index contributed by atoms with van der Waals surface area (Å²) >= 11 is 0. The van der Waals surface area contributed by atoms with E-state index in [1.165, 1.54) is 12.3 Å². The third-order valence-electron chi connectivity index (χ3n) is 2.95. The van der Waals surface area contributed by atoms with Gasteiger partial charge < -0.3 is 10.1 Å². The van der Waals surface area contributed by atoms with Crippen LogP contribution in [0.3, 0.4) is 0 Å². The highest BCUT2D eigenvalue weighted by Gasteiger charge is 2.10. The predicted molar refractivity (Wildman–Crippen MR) is 73.8 cm³/mol. The molecule has 0 saturated heterocycles. The van der Waals surface area contributed by atoms with Crippen molar-refractivity contribution >= 4 is 5.69 Å². The van der Waals surface area contributed by atoms with Crippen LogP contribution in [0.4, 0.5) is 10.1 Å². The van der Waals surface area contributed by atoms with Crippen LogP contribution >= 0.6 is 0 Å². The van der Waals surface area contributed by atoms with Crippen LogP contribution in [0, 0.1) is 5.82 Å². The van der Waals surface area contributed by atoms with Gasteiger partial charge in [-0.3, -0.25) is 4.98 Å². The van der Waals surface area contributed by atoms with Crippen LogP contribution in [0.5, 0.6) is 5.75 Å². The Morgan fingerprint density at radius 2 is 1.95 bits per heavy atom. The van der Waals surface area contributed by atoms with E-state index < -0.39 is 0 Å². The molecule has 1 N–H and O–H groups in total. The number of nitrogens with zero attached hydrogens (tertiary/aromatic N) is 1. The van der Waals surface area contributed by atoms with Crippen LogP contribution in [0.1, 0.15) is 25.1 Å². The van der Waals surface area contributed by atoms with E-state index in [4.69, 9.17) is 4.74 Å². The lowest BCUT2D eigenvalue weighted by Crippen LogP contribution is -2.11. The van der Waals surface area contributed by atoms with E-state index in [2.05, 4.69) is 17.2 Å². The maximum Gasteiger partial charge on any atom is 0.141 e. The summed E-state index contributed by atoms with van der Waals surface area (Å²) in [6.45, 7) is 2.06. The molecule has 0 radical (unpaired) electrons. The lowest BCUT2D eigenvalue weighted by atomic mass is 10.1. The van der Waals surface area contributed by atoms with Gasteiger partial charge in [-0.05, 0) is 42.8 Å². The summed E-state index contributed by atoms with van der Waals surface area (Å²) in [5.41, 5.74) is 1.82. The molecule has 0 aliphatic rings. The van der Waals surface area contributed by atoms with Gasteiger partial charge in [-0.2, -0.15) is 0 Å². The number of hydrogen-bond donors (Lipinski definition) is 1. The Morgan fingerprint density at radius 3 is 2.47 bits per heavy atom. The summed E-state index contributed by atoms with van der Waals surface area (Å²) in [4.78, 5) is 4.12. The van der Waals surface area contributed by atoms with Crippen molar-refractivity contribution in [2.45, 2.75) is 19.4 Å². The quantitative estimate of drug-likeness (QED) is 0.888. The molecule has 1 unspecified atom stereocenters. The molecular formula is C15H17FN2O. The Labute approximate surface area is 112 Å². The summed E-state index contributed by atoms with van der Waals surface area (Å²) in [7, 11) is 1.64. The van der Waals surface area contributed by atoms with E-state index in [9.17, 15) is 4.39 Å². The van der Waals surface area contributed by atoms with E-state index in [1.54, 1.807) is 13.2 Å². The maximum absolute atomic E-state index is 12.9. The zero-order chi connectivity index (χ0) is 13.7. The Hall–Kier alpha value is -2.10. The van der Waals surface area contributed by atoms with Crippen LogP contribution in [0.15, 0.2) is 42.6 Å². The summed E-state index contributed by atoms with van der Waals surface area (Å²) in [5.74, 6) is 0.501. The lowest BCUT2D eigenvalue weighted by molar-refractivity contribution is 0.415. The molecule has 19 heavy (non-hydrogen) atoms. The van der Waals surface area contributed by atoms with Gasteiger partial charge in [0, 0.05) is 5.69 Å². The molecule has 2 rings (SSSR count). The summed E-state index contributed by atoms with van der Waals surface area (Å²) in [6, 6.07) is 10.9. The molecule has 0 fully saturated rings. The highest BCUT2D eigenvalue weighted by Crippen LogP contribution is 2.22. The van der Waals surface area contributed by atoms with E-state index in [0.717, 1.165) is 23.6 Å². The highest BCUT2D eigenvalue weighted by atomic mass is 19.1. The number of ether oxygens (including phenoxy) is 1. The fraction of sp³-hybridized carbons (Fsp3) is 0.267. The molecule has 1 atom stereocenters. The van der Waals surface area contributed by atoms with Crippen molar-refractivity contribution in [2.24, 2.45) is 0 Å². The molecule has 1 aromatic carbocycles. The first kappa shape index (κ1) is 13.3. The van der Waals surface area contributed by atoms with Crippen molar-refractivity contribution in [1.29, 1.82) is 0 Å². The standard InChI is InChI=1S/C15H17FN2O/c1-3-14(15-9-4-11(16)10-17-15)18-12-5-7-13(19-2)8-6-12/h4-10,14,18H,3H2,1-2H3. The lowest BCUT2D eigenvalue weighted by Gasteiger charge is -2.18. The molecule has 0 aliphatic heterocycles. The maximum atomic E-state index is 12.9. The van der Waals surface area contributed by atoms with Gasteiger partial charge in [-0.1, -0.05) is 6.92 Å². The fourth-order valence-electron chi connectivity index (χ4n) is 1.87. The van der Waals surface area contributed by atoms with Gasteiger partial charge in [0.2, 0.25) is 0 Å². The van der Waals surface area contributed by atoms with Crippen molar-refractivity contribution < 1.29 is 9.13 Å². The smallest absolute Gasteiger partial charge is 0.141 e. The van der Waals surface area contributed by atoms with Crippen LogP contribution < -0.4 is 10.1 Å². The summed E-state index contributed by atoms with van der Waals surface area (Å²) in [6.07, 6.45) is 2.11. The zero-order valence-corrected chi connectivity index (χ0v) is 11.1. The van der Waals surface area contributed by atoms with Gasteiger partial charge >= 0.3 is 0 Å². The first-order valence-corrected chi connectivity index (χ1v) is 6.25. The van der Waals surface area contributed by atoms with Crippen molar-refractivity contribution in [3.05, 3.63) is 54.1 Å². The Bertz CT molecular complexity index is 511. The normalized spacial score (nSPS) is 11.9. The topological polar surface area (TPSA) is 34.1 Å². The van der Waals surface area contributed by atoms with Crippen LogP contribution in [0.25, 0.3) is 0 Å². The molecule has 1 heterocycles. The van der Waals surface area contributed by atoms with Gasteiger partial charge in [0.1, 0.15) is 11.6 Å². The fourth-order valence-corrected chi connectivity index (χ4v) is 1.87. The second-order valence-corrected chi connectivity index (χ2v) is 4.23. The number of anilines is 1. The summed E-state index contributed by atoms with van der Waals surface area (Å²) < 4.78 is 18.0. The molecule has 1 aromatic heterocycles. The van der Waals surface area contributed by atoms with E-state index in [-0.39, 0.29) is 11.9 Å². The van der Waals surface area contributed by atoms with Gasteiger partial charge in [0.15, 0.2) is 0 Å². The van der Waals surface area contributed by atoms with Crippen molar-refractivity contribution in [1.82, 2.24) is 4.98 Å². The highest BCUT2D eigenvalue weighted by molar-refractivity contribution is 5.47. The van der Waals surface area contributed by atoms with E-state index in [0.29, 0.717) is 0 Å². The third-order valence-corrected chi connectivity index (χ3v) is 2.95. The second-order valence-electron chi connectivity index (χ2n) is 4.23. The van der Waals surface area contributed by atoms with Gasteiger partial charge in [-0.25, -0.2) is 4.39 Å². The number of rotatable bonds is 5. The molecule has 0 aliphatic carbocycles. The van der Waals surface area contributed by atoms with Crippen LogP contribution in [-0.2, 0) is 0 Å². The minimum absolute atomic E-state index is 0.0639. The van der Waals surface area contributed by atoms with Crippen molar-refractivity contribution in [3.8, 4) is 5.75 Å². The molecule has 3 nitrogen and oxygen atoms in total. The molecule has 100 valence electrons. The number of hydrogen-bond acceptors (Lipinski definition) is 3.